The Morgan fingerprint density at radius 2 is 2.12 bits per heavy atom. The van der Waals surface area contributed by atoms with Crippen LogP contribution in [-0.4, -0.2) is 50.3 Å². The largest absolute Gasteiger partial charge is 0.383 e. The maximum absolute atomic E-state index is 5.13. The molecule has 1 N–H and O–H groups in total. The summed E-state index contributed by atoms with van der Waals surface area (Å²) in [7, 11) is 1.76. The van der Waals surface area contributed by atoms with E-state index in [9.17, 15) is 0 Å². The number of methoxy groups -OCH3 is 1. The van der Waals surface area contributed by atoms with Crippen LogP contribution in [0.2, 0.25) is 0 Å². The molecule has 1 saturated heterocycles. The van der Waals surface area contributed by atoms with Gasteiger partial charge < -0.3 is 10.1 Å². The van der Waals surface area contributed by atoms with Gasteiger partial charge in [0.1, 0.15) is 0 Å². The van der Waals surface area contributed by atoms with Crippen molar-refractivity contribution in [3.63, 3.8) is 0 Å². The molecule has 0 amide bonds. The highest BCUT2D eigenvalue weighted by atomic mass is 16.5. The molecule has 1 fully saturated rings. The Morgan fingerprint density at radius 3 is 2.75 bits per heavy atom. The summed E-state index contributed by atoms with van der Waals surface area (Å²) in [4.78, 5) is 2.64. The predicted molar refractivity (Wildman–Crippen MR) is 68.8 cm³/mol. The maximum Gasteiger partial charge on any atom is 0.0613 e. The molecule has 0 aromatic rings. The van der Waals surface area contributed by atoms with Crippen molar-refractivity contribution in [2.75, 3.05) is 33.4 Å². The van der Waals surface area contributed by atoms with E-state index < -0.39 is 0 Å². The Hall–Kier alpha value is -0.120. The highest BCUT2D eigenvalue weighted by Crippen LogP contribution is 2.17. The summed E-state index contributed by atoms with van der Waals surface area (Å²) in [5.74, 6) is 0.775. The summed E-state index contributed by atoms with van der Waals surface area (Å²) >= 11 is 0. The van der Waals surface area contributed by atoms with E-state index in [0.717, 1.165) is 25.1 Å². The minimum atomic E-state index is 0.464. The minimum Gasteiger partial charge on any atom is -0.383 e. The Kier molecular flexibility index (Phi) is 6.32. The van der Waals surface area contributed by atoms with Crippen molar-refractivity contribution in [2.24, 2.45) is 5.92 Å². The average molecular weight is 228 g/mol. The molecular weight excluding hydrogens is 200 g/mol. The zero-order valence-electron chi connectivity index (χ0n) is 11.3. The Balaban J connectivity index is 2.24. The first-order chi connectivity index (χ1) is 7.63. The summed E-state index contributed by atoms with van der Waals surface area (Å²) in [6, 6.07) is 1.20. The van der Waals surface area contributed by atoms with Crippen molar-refractivity contribution in [2.45, 2.75) is 45.7 Å². The van der Waals surface area contributed by atoms with Crippen LogP contribution in [0, 0.1) is 5.92 Å². The molecule has 3 heteroatoms. The molecule has 0 aliphatic carbocycles. The Bertz CT molecular complexity index is 185. The first-order valence-electron chi connectivity index (χ1n) is 6.59. The van der Waals surface area contributed by atoms with Gasteiger partial charge in [0.15, 0.2) is 0 Å². The highest BCUT2D eigenvalue weighted by Gasteiger charge is 2.24. The number of nitrogens with zero attached hydrogens (tertiary/aromatic N) is 1. The van der Waals surface area contributed by atoms with Crippen molar-refractivity contribution < 1.29 is 4.74 Å². The second-order valence-corrected chi connectivity index (χ2v) is 5.45. The van der Waals surface area contributed by atoms with Gasteiger partial charge in [0.25, 0.3) is 0 Å². The van der Waals surface area contributed by atoms with E-state index in [1.807, 2.05) is 0 Å². The summed E-state index contributed by atoms with van der Waals surface area (Å²) in [5, 5.41) is 3.56. The minimum absolute atomic E-state index is 0.464. The number of rotatable bonds is 7. The topological polar surface area (TPSA) is 24.5 Å². The molecule has 3 nitrogen and oxygen atoms in total. The molecule has 0 radical (unpaired) electrons. The van der Waals surface area contributed by atoms with Crippen LogP contribution in [0.25, 0.3) is 0 Å². The van der Waals surface area contributed by atoms with E-state index in [4.69, 9.17) is 4.74 Å². The summed E-state index contributed by atoms with van der Waals surface area (Å²) in [6.45, 7) is 11.2. The van der Waals surface area contributed by atoms with Crippen molar-refractivity contribution in [1.82, 2.24) is 10.2 Å². The second-order valence-electron chi connectivity index (χ2n) is 5.45. The van der Waals surface area contributed by atoms with Crippen LogP contribution >= 0.6 is 0 Å². The van der Waals surface area contributed by atoms with E-state index in [-0.39, 0.29) is 0 Å². The summed E-state index contributed by atoms with van der Waals surface area (Å²) in [6.07, 6.45) is 2.71. The van der Waals surface area contributed by atoms with E-state index in [1.165, 1.54) is 25.9 Å². The molecule has 2 atom stereocenters. The lowest BCUT2D eigenvalue weighted by Gasteiger charge is -2.27. The van der Waals surface area contributed by atoms with Crippen LogP contribution in [0.3, 0.4) is 0 Å². The van der Waals surface area contributed by atoms with Crippen molar-refractivity contribution in [1.29, 1.82) is 0 Å². The van der Waals surface area contributed by atoms with Crippen LogP contribution in [0.1, 0.15) is 33.6 Å². The fourth-order valence-corrected chi connectivity index (χ4v) is 2.48. The van der Waals surface area contributed by atoms with Gasteiger partial charge in [-0.05, 0) is 32.2 Å². The molecule has 1 unspecified atom stereocenters. The summed E-state index contributed by atoms with van der Waals surface area (Å²) in [5.41, 5.74) is 0. The van der Waals surface area contributed by atoms with Crippen LogP contribution in [0.5, 0.6) is 0 Å². The van der Waals surface area contributed by atoms with Gasteiger partial charge in [-0.15, -0.1) is 0 Å². The van der Waals surface area contributed by atoms with Crippen molar-refractivity contribution >= 4 is 0 Å². The third-order valence-corrected chi connectivity index (χ3v) is 3.22. The third-order valence-electron chi connectivity index (χ3n) is 3.22. The lowest BCUT2D eigenvalue weighted by atomic mass is 10.1. The lowest BCUT2D eigenvalue weighted by Crippen LogP contribution is -2.43. The van der Waals surface area contributed by atoms with E-state index >= 15 is 0 Å². The molecule has 16 heavy (non-hydrogen) atoms. The molecule has 1 aliphatic heterocycles. The van der Waals surface area contributed by atoms with Gasteiger partial charge in [-0.2, -0.15) is 0 Å². The SMILES string of the molecule is COCC(C)NC[C@H]1CCCN1CC(C)C. The van der Waals surface area contributed by atoms with Gasteiger partial charge in [0.05, 0.1) is 6.61 Å². The molecule has 0 aromatic heterocycles. The van der Waals surface area contributed by atoms with Gasteiger partial charge in [0, 0.05) is 32.3 Å². The summed E-state index contributed by atoms with van der Waals surface area (Å²) < 4.78 is 5.13. The van der Waals surface area contributed by atoms with Gasteiger partial charge >= 0.3 is 0 Å². The Morgan fingerprint density at radius 1 is 1.38 bits per heavy atom. The quantitative estimate of drug-likeness (QED) is 0.718. The van der Waals surface area contributed by atoms with E-state index in [0.29, 0.717) is 6.04 Å². The van der Waals surface area contributed by atoms with Crippen molar-refractivity contribution in [3.8, 4) is 0 Å². The third kappa shape index (κ3) is 4.81. The van der Waals surface area contributed by atoms with Gasteiger partial charge in [0.2, 0.25) is 0 Å². The number of nitrogens with one attached hydrogen (secondary N) is 1. The predicted octanol–water partition coefficient (Wildman–Crippen LogP) is 1.73. The van der Waals surface area contributed by atoms with Crippen LogP contribution in [0.4, 0.5) is 0 Å². The molecular formula is C13H28N2O. The van der Waals surface area contributed by atoms with Crippen LogP contribution < -0.4 is 5.32 Å². The molecule has 0 saturated carbocycles. The molecule has 0 aromatic carbocycles. The zero-order valence-corrected chi connectivity index (χ0v) is 11.3. The molecule has 0 spiro atoms. The standard InChI is InChI=1S/C13H28N2O/c1-11(2)9-15-7-5-6-13(15)8-14-12(3)10-16-4/h11-14H,5-10H2,1-4H3/t12?,13-/m1/s1. The van der Waals surface area contributed by atoms with Crippen LogP contribution in [-0.2, 0) is 4.74 Å². The molecule has 1 heterocycles. The first kappa shape index (κ1) is 13.9. The van der Waals surface area contributed by atoms with E-state index in [2.05, 4.69) is 31.0 Å². The second kappa shape index (κ2) is 7.25. The van der Waals surface area contributed by atoms with Crippen molar-refractivity contribution in [3.05, 3.63) is 0 Å². The molecule has 0 bridgehead atoms. The van der Waals surface area contributed by atoms with Gasteiger partial charge in [-0.1, -0.05) is 13.8 Å². The first-order valence-corrected chi connectivity index (χ1v) is 6.59. The fraction of sp³-hybridized carbons (Fsp3) is 1.00. The lowest BCUT2D eigenvalue weighted by molar-refractivity contribution is 0.162. The Labute approximate surface area is 101 Å². The smallest absolute Gasteiger partial charge is 0.0613 e. The molecule has 1 aliphatic rings. The number of likely N-dealkylation sites (tertiary alicyclic amines) is 1. The zero-order chi connectivity index (χ0) is 12.0. The highest BCUT2D eigenvalue weighted by molar-refractivity contribution is 4.82. The van der Waals surface area contributed by atoms with Gasteiger partial charge in [-0.25, -0.2) is 0 Å². The number of ether oxygens (including phenoxy) is 1. The van der Waals surface area contributed by atoms with Gasteiger partial charge in [-0.3, -0.25) is 4.90 Å². The maximum atomic E-state index is 5.13. The van der Waals surface area contributed by atoms with Crippen LogP contribution in [0.15, 0.2) is 0 Å². The average Bonchev–Trinajstić information content (AvgIpc) is 2.62. The molecule has 1 rings (SSSR count). The van der Waals surface area contributed by atoms with E-state index in [1.54, 1.807) is 7.11 Å². The normalized spacial score (nSPS) is 24.2. The number of hydrogen-bond acceptors (Lipinski definition) is 3. The monoisotopic (exact) mass is 228 g/mol. The molecule has 96 valence electrons. The fourth-order valence-electron chi connectivity index (χ4n) is 2.48. The number of hydrogen-bond donors (Lipinski definition) is 1.